The molecular weight excluding hydrogens is 338 g/mol. The van der Waals surface area contributed by atoms with Gasteiger partial charge in [0.2, 0.25) is 21.8 Å². The van der Waals surface area contributed by atoms with Crippen molar-refractivity contribution < 1.29 is 12.8 Å². The van der Waals surface area contributed by atoms with Gasteiger partial charge in [0.15, 0.2) is 0 Å². The van der Waals surface area contributed by atoms with E-state index in [2.05, 4.69) is 10.2 Å². The van der Waals surface area contributed by atoms with E-state index >= 15 is 0 Å². The molecule has 1 aliphatic rings. The molecule has 1 aromatic heterocycles. The summed E-state index contributed by atoms with van der Waals surface area (Å²) in [6.07, 6.45) is 1.81. The van der Waals surface area contributed by atoms with Gasteiger partial charge in [0.05, 0.1) is 4.90 Å². The number of hydrogen-bond donors (Lipinski definition) is 0. The molecule has 4 rings (SSSR count). The van der Waals surface area contributed by atoms with Crippen LogP contribution in [0.25, 0.3) is 22.9 Å². The zero-order valence-corrected chi connectivity index (χ0v) is 14.3. The van der Waals surface area contributed by atoms with Crippen molar-refractivity contribution in [3.05, 3.63) is 54.6 Å². The summed E-state index contributed by atoms with van der Waals surface area (Å²) >= 11 is 0. The third kappa shape index (κ3) is 3.08. The Balaban J connectivity index is 1.67. The number of aromatic nitrogens is 2. The highest BCUT2D eigenvalue weighted by Crippen LogP contribution is 2.27. The minimum atomic E-state index is -3.47. The molecule has 1 aliphatic heterocycles. The molecule has 25 heavy (non-hydrogen) atoms. The van der Waals surface area contributed by atoms with Gasteiger partial charge < -0.3 is 4.42 Å². The number of hydrogen-bond acceptors (Lipinski definition) is 5. The molecule has 0 saturated carbocycles. The first-order valence-corrected chi connectivity index (χ1v) is 9.58. The highest BCUT2D eigenvalue weighted by Gasteiger charge is 2.27. The third-order valence-electron chi connectivity index (χ3n) is 4.23. The average Bonchev–Trinajstić information content (AvgIpc) is 3.35. The topological polar surface area (TPSA) is 76.3 Å². The van der Waals surface area contributed by atoms with E-state index in [1.165, 1.54) is 4.31 Å². The summed E-state index contributed by atoms with van der Waals surface area (Å²) in [7, 11) is -3.47. The molecule has 0 atom stereocenters. The van der Waals surface area contributed by atoms with Crippen LogP contribution in [0, 0.1) is 0 Å². The van der Waals surface area contributed by atoms with Crippen LogP contribution < -0.4 is 0 Å². The lowest BCUT2D eigenvalue weighted by atomic mass is 10.2. The van der Waals surface area contributed by atoms with Crippen LogP contribution >= 0.6 is 0 Å². The van der Waals surface area contributed by atoms with E-state index < -0.39 is 10.0 Å². The van der Waals surface area contributed by atoms with Crippen LogP contribution in [-0.4, -0.2) is 36.0 Å². The van der Waals surface area contributed by atoms with Gasteiger partial charge in [0.1, 0.15) is 0 Å². The first-order chi connectivity index (χ1) is 12.1. The molecule has 1 saturated heterocycles. The Hall–Kier alpha value is -2.51. The smallest absolute Gasteiger partial charge is 0.248 e. The van der Waals surface area contributed by atoms with Gasteiger partial charge in [-0.2, -0.15) is 4.31 Å². The first-order valence-electron chi connectivity index (χ1n) is 8.14. The summed E-state index contributed by atoms with van der Waals surface area (Å²) in [5.74, 6) is 0.709. The van der Waals surface area contributed by atoms with Crippen molar-refractivity contribution in [2.45, 2.75) is 17.7 Å². The second kappa shape index (κ2) is 6.42. The summed E-state index contributed by atoms with van der Waals surface area (Å²) in [6.45, 7) is 1.15. The fourth-order valence-electron chi connectivity index (χ4n) is 2.90. The molecule has 1 fully saturated rings. The van der Waals surface area contributed by atoms with Crippen LogP contribution in [0.15, 0.2) is 63.9 Å². The highest BCUT2D eigenvalue weighted by molar-refractivity contribution is 7.89. The maximum atomic E-state index is 12.7. The van der Waals surface area contributed by atoms with Gasteiger partial charge in [0, 0.05) is 24.2 Å². The van der Waals surface area contributed by atoms with Crippen LogP contribution in [0.1, 0.15) is 12.8 Å². The molecule has 0 amide bonds. The standard InChI is InChI=1S/C18H17N3O3S/c22-25(23,21-11-4-5-12-21)16-10-6-9-15(13-16)18-20-19-17(24-18)14-7-2-1-3-8-14/h1-3,6-10,13H,4-5,11-12H2. The van der Waals surface area contributed by atoms with Gasteiger partial charge in [-0.05, 0) is 43.2 Å². The summed E-state index contributed by atoms with van der Waals surface area (Å²) in [5.41, 5.74) is 1.41. The molecule has 3 aromatic rings. The van der Waals surface area contributed by atoms with E-state index in [0.717, 1.165) is 18.4 Å². The Kier molecular flexibility index (Phi) is 4.10. The summed E-state index contributed by atoms with van der Waals surface area (Å²) in [4.78, 5) is 0.256. The largest absolute Gasteiger partial charge is 0.416 e. The van der Waals surface area contributed by atoms with Crippen molar-refractivity contribution in [3.63, 3.8) is 0 Å². The average molecular weight is 355 g/mol. The molecule has 0 aliphatic carbocycles. The lowest BCUT2D eigenvalue weighted by molar-refractivity contribution is 0.477. The molecule has 0 radical (unpaired) electrons. The zero-order valence-electron chi connectivity index (χ0n) is 13.5. The Morgan fingerprint density at radius 2 is 1.48 bits per heavy atom. The Morgan fingerprint density at radius 3 is 2.20 bits per heavy atom. The fraction of sp³-hybridized carbons (Fsp3) is 0.222. The normalized spacial score (nSPS) is 15.5. The highest BCUT2D eigenvalue weighted by atomic mass is 32.2. The second-order valence-corrected chi connectivity index (χ2v) is 7.86. The van der Waals surface area contributed by atoms with E-state index in [1.807, 2.05) is 30.3 Å². The molecule has 2 heterocycles. The van der Waals surface area contributed by atoms with E-state index in [1.54, 1.807) is 24.3 Å². The monoisotopic (exact) mass is 355 g/mol. The van der Waals surface area contributed by atoms with Gasteiger partial charge in [0.25, 0.3) is 0 Å². The van der Waals surface area contributed by atoms with Crippen molar-refractivity contribution >= 4 is 10.0 Å². The minimum Gasteiger partial charge on any atom is -0.416 e. The van der Waals surface area contributed by atoms with Crippen LogP contribution in [0.2, 0.25) is 0 Å². The molecular formula is C18H17N3O3S. The quantitative estimate of drug-likeness (QED) is 0.718. The van der Waals surface area contributed by atoms with E-state index in [0.29, 0.717) is 30.4 Å². The van der Waals surface area contributed by atoms with Crippen molar-refractivity contribution in [1.29, 1.82) is 0 Å². The molecule has 128 valence electrons. The Morgan fingerprint density at radius 1 is 0.840 bits per heavy atom. The van der Waals surface area contributed by atoms with Crippen LogP contribution in [0.5, 0.6) is 0 Å². The summed E-state index contributed by atoms with van der Waals surface area (Å²) in [5, 5.41) is 8.11. The third-order valence-corrected chi connectivity index (χ3v) is 6.12. The van der Waals surface area contributed by atoms with Crippen LogP contribution in [0.4, 0.5) is 0 Å². The van der Waals surface area contributed by atoms with E-state index in [9.17, 15) is 8.42 Å². The van der Waals surface area contributed by atoms with Crippen molar-refractivity contribution in [2.24, 2.45) is 0 Å². The Bertz CT molecular complexity index is 978. The molecule has 0 unspecified atom stereocenters. The van der Waals surface area contributed by atoms with Gasteiger partial charge in [-0.1, -0.05) is 24.3 Å². The predicted molar refractivity (Wildman–Crippen MR) is 93.2 cm³/mol. The van der Waals surface area contributed by atoms with Crippen molar-refractivity contribution in [1.82, 2.24) is 14.5 Å². The predicted octanol–water partition coefficient (Wildman–Crippen LogP) is 3.19. The molecule has 0 N–H and O–H groups in total. The van der Waals surface area contributed by atoms with Crippen molar-refractivity contribution in [3.8, 4) is 22.9 Å². The number of nitrogens with zero attached hydrogens (tertiary/aromatic N) is 3. The molecule has 7 heteroatoms. The number of benzene rings is 2. The maximum Gasteiger partial charge on any atom is 0.248 e. The van der Waals surface area contributed by atoms with Gasteiger partial charge in [-0.3, -0.25) is 0 Å². The zero-order chi connectivity index (χ0) is 17.3. The first kappa shape index (κ1) is 16.0. The maximum absolute atomic E-state index is 12.7. The Labute approximate surface area is 146 Å². The minimum absolute atomic E-state index is 0.256. The lowest BCUT2D eigenvalue weighted by Gasteiger charge is -2.15. The van der Waals surface area contributed by atoms with Gasteiger partial charge >= 0.3 is 0 Å². The molecule has 6 nitrogen and oxygen atoms in total. The van der Waals surface area contributed by atoms with Gasteiger partial charge in [-0.15, -0.1) is 10.2 Å². The number of sulfonamides is 1. The van der Waals surface area contributed by atoms with E-state index in [4.69, 9.17) is 4.42 Å². The van der Waals surface area contributed by atoms with Crippen LogP contribution in [-0.2, 0) is 10.0 Å². The van der Waals surface area contributed by atoms with E-state index in [-0.39, 0.29) is 4.90 Å². The SMILES string of the molecule is O=S(=O)(c1cccc(-c2nnc(-c3ccccc3)o2)c1)N1CCCC1. The summed E-state index contributed by atoms with van der Waals surface area (Å²) in [6, 6.07) is 16.1. The molecule has 2 aromatic carbocycles. The van der Waals surface area contributed by atoms with Crippen molar-refractivity contribution in [2.75, 3.05) is 13.1 Å². The summed E-state index contributed by atoms with van der Waals surface area (Å²) < 4.78 is 32.6. The lowest BCUT2D eigenvalue weighted by Crippen LogP contribution is -2.27. The fourth-order valence-corrected chi connectivity index (χ4v) is 4.47. The van der Waals surface area contributed by atoms with Crippen LogP contribution in [0.3, 0.4) is 0 Å². The number of rotatable bonds is 4. The molecule has 0 bridgehead atoms. The van der Waals surface area contributed by atoms with Gasteiger partial charge in [-0.25, -0.2) is 8.42 Å². The second-order valence-electron chi connectivity index (χ2n) is 5.92. The molecule has 0 spiro atoms.